The molecule has 3 aliphatic rings. The van der Waals surface area contributed by atoms with Crippen LogP contribution in [0.2, 0.25) is 0 Å². The van der Waals surface area contributed by atoms with Gasteiger partial charge in [0.2, 0.25) is 47.8 Å². The average molecular weight is 1730 g/mol. The van der Waals surface area contributed by atoms with Crippen LogP contribution in [0.15, 0.2) is 91.0 Å². The molecule has 12 rings (SSSR count). The number of aliphatic hydroxyl groups excluding tert-OH is 1. The number of rotatable bonds is 17. The van der Waals surface area contributed by atoms with Gasteiger partial charge in [-0.3, -0.25) is 0 Å². The van der Waals surface area contributed by atoms with Crippen molar-refractivity contribution < 1.29 is 238 Å². The molecular formula is C75H56O48. The predicted octanol–water partition coefficient (Wildman–Crippen LogP) is 2.77. The summed E-state index contributed by atoms with van der Waals surface area (Å²) >= 11 is 0. The highest BCUT2D eigenvalue weighted by atomic mass is 16.8. The molecule has 644 valence electrons. The lowest BCUT2D eigenvalue weighted by atomic mass is 9.91. The number of ether oxygens (including phenoxy) is 12. The fraction of sp³-hybridized carbons (Fsp3) is 0.160. The van der Waals surface area contributed by atoms with Gasteiger partial charge in [0.25, 0.3) is 0 Å². The number of carbonyl (C=O) groups is 9. The molecule has 0 amide bonds. The number of hydrogen-bond donors (Lipinski definition) is 27. The molecule has 0 saturated carbocycles. The van der Waals surface area contributed by atoms with E-state index in [1.165, 1.54) is 0 Å². The summed E-state index contributed by atoms with van der Waals surface area (Å²) in [6.45, 7) is -3.00. The van der Waals surface area contributed by atoms with Crippen LogP contribution in [0.4, 0.5) is 0 Å². The first-order valence-electron chi connectivity index (χ1n) is 34.0. The third-order valence-electron chi connectivity index (χ3n) is 18.3. The molecule has 0 aliphatic carbocycles. The Morgan fingerprint density at radius 2 is 0.634 bits per heavy atom. The van der Waals surface area contributed by atoms with Crippen LogP contribution in [-0.2, 0) is 52.1 Å². The maximum atomic E-state index is 15.2. The van der Waals surface area contributed by atoms with Crippen molar-refractivity contribution in [3.8, 4) is 172 Å². The fourth-order valence-corrected chi connectivity index (χ4v) is 12.2. The highest BCUT2D eigenvalue weighted by molar-refractivity contribution is 6.09. The highest BCUT2D eigenvalue weighted by Crippen LogP contribution is 2.57. The van der Waals surface area contributed by atoms with Crippen molar-refractivity contribution >= 4 is 53.7 Å². The molecule has 2 fully saturated rings. The first kappa shape index (κ1) is 85.1. The van der Waals surface area contributed by atoms with E-state index in [2.05, 4.69) is 0 Å². The van der Waals surface area contributed by atoms with E-state index in [9.17, 15) is 167 Å². The maximum Gasteiger partial charge on any atom is 0.342 e. The zero-order valence-corrected chi connectivity index (χ0v) is 60.5. The second-order valence-corrected chi connectivity index (χ2v) is 26.2. The van der Waals surface area contributed by atoms with E-state index in [1.54, 1.807) is 0 Å². The van der Waals surface area contributed by atoms with Gasteiger partial charge in [-0.25, -0.2) is 43.2 Å². The fourth-order valence-electron chi connectivity index (χ4n) is 12.2. The molecule has 48 nitrogen and oxygen atoms in total. The van der Waals surface area contributed by atoms with E-state index >= 15 is 14.4 Å². The molecular weight excluding hydrogens is 1670 g/mol. The molecule has 48 heteroatoms. The molecule has 0 bridgehead atoms. The lowest BCUT2D eigenvalue weighted by molar-refractivity contribution is -0.283. The summed E-state index contributed by atoms with van der Waals surface area (Å²) in [7, 11) is 0. The highest BCUT2D eigenvalue weighted by Gasteiger charge is 2.57. The van der Waals surface area contributed by atoms with Crippen molar-refractivity contribution in [2.45, 2.75) is 61.4 Å². The lowest BCUT2D eigenvalue weighted by Gasteiger charge is -2.43. The number of benzene rings is 9. The zero-order chi connectivity index (χ0) is 90.0. The van der Waals surface area contributed by atoms with Crippen LogP contribution in [0.25, 0.3) is 11.1 Å². The second-order valence-electron chi connectivity index (χ2n) is 26.2. The average Bonchev–Trinajstić information content (AvgIpc) is 1.75. The zero-order valence-electron chi connectivity index (χ0n) is 60.5. The number of phenols is 26. The molecule has 2 saturated heterocycles. The quantitative estimate of drug-likeness (QED) is 0.0354. The molecule has 27 N–H and O–H groups in total. The first-order chi connectivity index (χ1) is 57.8. The SMILES string of the molecule is O=C(OC[C@@H]1O[C@H](OC(=O)c2cc(O)c(O)c(O)c2)[C@@H](OC(=O)c2cc(O)c(O)c(O)c2Oc2cc3c(c(O)c2O)-c2c(cc(O)c(O)c2O)C(=O)O[C@H]2C(COC3=O)O[C@@H](OC(=O)c3cc(O)c(O)c(O)c3)[C@H](OC(=O)c3cc(O)c(O)c(O)c3)[C@H]2OC(=O)c2cc(O)c(O)c(O)c2)[C@H](OC(=O)c2cc(O)c(O)c(O)c2)[C@@H]1O)c1cc(O)c(O)c(O)c1. The van der Waals surface area contributed by atoms with Crippen molar-refractivity contribution in [1.82, 2.24) is 0 Å². The summed E-state index contributed by atoms with van der Waals surface area (Å²) in [6.07, 6.45) is -27.3. The summed E-state index contributed by atoms with van der Waals surface area (Å²) < 4.78 is 67.4. The summed E-state index contributed by atoms with van der Waals surface area (Å²) in [5, 5.41) is 289. The Hall–Kier alpha value is -17.3. The van der Waals surface area contributed by atoms with E-state index < -0.39 is 351 Å². The molecule has 3 heterocycles. The topological polar surface area (TPSA) is 811 Å². The van der Waals surface area contributed by atoms with E-state index in [1.807, 2.05) is 0 Å². The predicted molar refractivity (Wildman–Crippen MR) is 381 cm³/mol. The van der Waals surface area contributed by atoms with Crippen LogP contribution in [0, 0.1) is 0 Å². The molecule has 10 atom stereocenters. The van der Waals surface area contributed by atoms with E-state index in [4.69, 9.17) is 56.8 Å². The van der Waals surface area contributed by atoms with Crippen molar-refractivity contribution in [2.24, 2.45) is 0 Å². The summed E-state index contributed by atoms with van der Waals surface area (Å²) in [4.78, 5) is 130. The molecule has 9 aromatic carbocycles. The normalized spacial score (nSPS) is 19.1. The van der Waals surface area contributed by atoms with Crippen LogP contribution >= 0.6 is 0 Å². The smallest absolute Gasteiger partial charge is 0.342 e. The lowest BCUT2D eigenvalue weighted by Crippen LogP contribution is -2.63. The number of hydrogen-bond acceptors (Lipinski definition) is 48. The largest absolute Gasteiger partial charge is 0.504 e. The molecule has 3 aliphatic heterocycles. The van der Waals surface area contributed by atoms with E-state index in [0.29, 0.717) is 72.8 Å². The number of phenolic OH excluding ortho intramolecular Hbond substituents is 26. The molecule has 1 unspecified atom stereocenters. The van der Waals surface area contributed by atoms with Gasteiger partial charge in [-0.15, -0.1) is 0 Å². The van der Waals surface area contributed by atoms with E-state index in [-0.39, 0.29) is 18.2 Å². The Bertz CT molecular complexity index is 5810. The van der Waals surface area contributed by atoms with Crippen molar-refractivity contribution in [3.63, 3.8) is 0 Å². The van der Waals surface area contributed by atoms with Gasteiger partial charge >= 0.3 is 53.7 Å². The summed E-state index contributed by atoms with van der Waals surface area (Å²) in [6, 6.07) is 5.90. The first-order valence-corrected chi connectivity index (χ1v) is 34.0. The minimum atomic E-state index is -2.90. The summed E-state index contributed by atoms with van der Waals surface area (Å²) in [5.41, 5.74) is -12.9. The Kier molecular flexibility index (Phi) is 22.6. The van der Waals surface area contributed by atoms with Crippen LogP contribution in [0.3, 0.4) is 0 Å². The van der Waals surface area contributed by atoms with Crippen LogP contribution in [-0.4, -0.2) is 266 Å². The Morgan fingerprint density at radius 3 is 1.05 bits per heavy atom. The Balaban J connectivity index is 0.972. The van der Waals surface area contributed by atoms with Crippen molar-refractivity contribution in [3.05, 3.63) is 141 Å². The van der Waals surface area contributed by atoms with Gasteiger partial charge in [0.1, 0.15) is 37.1 Å². The molecule has 0 spiro atoms. The number of aliphatic hydroxyl groups is 1. The molecule has 0 radical (unpaired) electrons. The molecule has 123 heavy (non-hydrogen) atoms. The van der Waals surface area contributed by atoms with Gasteiger partial charge in [0.05, 0.1) is 44.5 Å². The second kappa shape index (κ2) is 32.6. The molecule has 9 aromatic rings. The number of esters is 9. The van der Waals surface area contributed by atoms with Gasteiger partial charge in [-0.2, -0.15) is 0 Å². The van der Waals surface area contributed by atoms with Crippen LogP contribution in [0.5, 0.6) is 161 Å². The number of fused-ring (bicyclic) bond motifs is 4. The minimum absolute atomic E-state index is 0.117. The van der Waals surface area contributed by atoms with Gasteiger partial charge in [-0.1, -0.05) is 0 Å². The van der Waals surface area contributed by atoms with Crippen LogP contribution < -0.4 is 4.74 Å². The Morgan fingerprint density at radius 1 is 0.317 bits per heavy atom. The van der Waals surface area contributed by atoms with Gasteiger partial charge < -0.3 is 195 Å². The maximum absolute atomic E-state index is 15.2. The van der Waals surface area contributed by atoms with E-state index in [0.717, 1.165) is 0 Å². The third-order valence-corrected chi connectivity index (χ3v) is 18.3. The summed E-state index contributed by atoms with van der Waals surface area (Å²) in [5.74, 6) is -56.2. The monoisotopic (exact) mass is 1720 g/mol. The van der Waals surface area contributed by atoms with Crippen LogP contribution in [0.1, 0.15) is 93.2 Å². The van der Waals surface area contributed by atoms with Crippen molar-refractivity contribution in [2.75, 3.05) is 13.2 Å². The van der Waals surface area contributed by atoms with Crippen molar-refractivity contribution in [1.29, 1.82) is 0 Å². The number of aromatic hydroxyl groups is 26. The Labute approximate surface area is 677 Å². The number of cyclic esters (lactones) is 1. The minimum Gasteiger partial charge on any atom is -0.504 e. The third kappa shape index (κ3) is 16.2. The van der Waals surface area contributed by atoms with Gasteiger partial charge in [0.15, 0.2) is 156 Å². The number of carbonyl (C=O) groups excluding carboxylic acids is 9. The standard InChI is InChI=1S/C75H56O48/c76-27-1-18(2-28(77)46(27)90)65(103)112-16-42-55(99)61(118-66(104)19-3-29(78)47(91)30(79)4-19)63(74(115-42)122-69(107)22-9-35(84)50(94)36(85)10-22)121-73(111)26-14-40(89)53(97)58(102)59(26)114-41-15-25-45(57(101)54(41)98)44-24(13-39(88)52(96)56(44)100)72(110)117-60-43(17-113-71(25)109)116-75(123-70(108)23-11-37(86)51(95)38(87)12-23)64(120-68(106)21-7-33(82)49(93)34(83)8-21)62(60)119-67(105)20-5-31(80)48(92)32(81)6-20/h1-15,42-43,55,60-64,74-102H,16-17H2/t42-,43?,55+,60-,61+,62-,63-,64+,74+,75-/m0/s1. The van der Waals surface area contributed by atoms with Gasteiger partial charge in [-0.05, 0) is 78.9 Å². The van der Waals surface area contributed by atoms with Gasteiger partial charge in [0, 0.05) is 23.3 Å². The molecule has 0 aromatic heterocycles.